The van der Waals surface area contributed by atoms with Gasteiger partial charge in [-0.1, -0.05) is 198 Å². The molecule has 2 aliphatic heterocycles. The second-order valence-corrected chi connectivity index (χ2v) is 28.1. The standard InChI is InChI=1S/C76H70BN3OS/c1-73(2,3)48-26-33-52(34-27-48)78(53-35-28-49(29-36-53)74(4,5)6)55-39-40-56-60-46-61-57-22-16-18-24-65(57)81-72(61)71-69(60)77(80(64(56)45-55)54-37-30-50(31-38-54)75(7,8)9)70-63(42-43-67-68(70)58-23-17-19-25-66(58)82-67)79(71)62-41-32-51(76(10,11)12)44-59(62)47-20-14-13-15-21-47/h13-46H,1-12H3. The van der Waals surface area contributed by atoms with Crippen molar-refractivity contribution in [3.63, 3.8) is 0 Å². The van der Waals surface area contributed by atoms with Crippen molar-refractivity contribution in [3.05, 3.63) is 229 Å². The van der Waals surface area contributed by atoms with Gasteiger partial charge in [-0.3, -0.25) is 0 Å². The van der Waals surface area contributed by atoms with Crippen LogP contribution in [0.1, 0.15) is 105 Å². The Kier molecular flexibility index (Phi) is 11.8. The molecule has 14 rings (SSSR count). The van der Waals surface area contributed by atoms with Gasteiger partial charge in [0.25, 0.3) is 0 Å². The Bertz CT molecular complexity index is 4430. The van der Waals surface area contributed by atoms with Crippen LogP contribution in [0.2, 0.25) is 0 Å². The van der Waals surface area contributed by atoms with E-state index in [9.17, 15) is 0 Å². The molecule has 0 radical (unpaired) electrons. The molecule has 0 amide bonds. The molecule has 82 heavy (non-hydrogen) atoms. The molecule has 0 N–H and O–H groups in total. The molecule has 0 spiro atoms. The second kappa shape index (κ2) is 18.6. The summed E-state index contributed by atoms with van der Waals surface area (Å²) in [6.45, 7) is 27.3. The summed E-state index contributed by atoms with van der Waals surface area (Å²) in [5.41, 5.74) is 23.0. The molecule has 0 saturated heterocycles. The number of furan rings is 1. The fraction of sp³-hybridized carbons (Fsp3) is 0.211. The van der Waals surface area contributed by atoms with Gasteiger partial charge in [0.2, 0.25) is 0 Å². The number of thiophene rings is 1. The lowest BCUT2D eigenvalue weighted by Crippen LogP contribution is -2.61. The largest absolute Gasteiger partial charge is 0.454 e. The Labute approximate surface area is 488 Å². The first kappa shape index (κ1) is 51.8. The quantitative estimate of drug-likeness (QED) is 0.155. The summed E-state index contributed by atoms with van der Waals surface area (Å²) >= 11 is 1.89. The zero-order valence-corrected chi connectivity index (χ0v) is 50.2. The Morgan fingerprint density at radius 1 is 0.402 bits per heavy atom. The third kappa shape index (κ3) is 8.38. The molecule has 2 aromatic heterocycles. The van der Waals surface area contributed by atoms with Crippen molar-refractivity contribution in [2.75, 3.05) is 14.6 Å². The maximum absolute atomic E-state index is 7.38. The van der Waals surface area contributed by atoms with Crippen molar-refractivity contribution < 1.29 is 4.42 Å². The van der Waals surface area contributed by atoms with Gasteiger partial charge in [-0.25, -0.2) is 0 Å². The van der Waals surface area contributed by atoms with Crippen molar-refractivity contribution in [1.82, 2.24) is 0 Å². The molecule has 10 aromatic carbocycles. The average Bonchev–Trinajstić information content (AvgIpc) is 1.45. The van der Waals surface area contributed by atoms with Gasteiger partial charge in [-0.05, 0) is 168 Å². The minimum atomic E-state index is -0.293. The Hall–Kier alpha value is -8.32. The molecule has 2 aliphatic rings. The first-order valence-electron chi connectivity index (χ1n) is 29.2. The van der Waals surface area contributed by atoms with Crippen LogP contribution in [0.15, 0.2) is 211 Å². The van der Waals surface area contributed by atoms with Crippen molar-refractivity contribution in [3.8, 4) is 22.3 Å². The highest BCUT2D eigenvalue weighted by atomic mass is 32.1. The van der Waals surface area contributed by atoms with E-state index in [0.29, 0.717) is 0 Å². The third-order valence-corrected chi connectivity index (χ3v) is 18.6. The third-order valence-electron chi connectivity index (χ3n) is 17.5. The van der Waals surface area contributed by atoms with Gasteiger partial charge in [-0.2, -0.15) is 0 Å². The second-order valence-electron chi connectivity index (χ2n) is 27.0. The lowest BCUT2D eigenvalue weighted by molar-refractivity contribution is 0.590. The number of hydrogen-bond acceptors (Lipinski definition) is 5. The number of benzene rings is 10. The summed E-state index contributed by atoms with van der Waals surface area (Å²) in [6, 6.07) is 78.3. The van der Waals surface area contributed by atoms with Gasteiger partial charge in [0.15, 0.2) is 5.58 Å². The van der Waals surface area contributed by atoms with E-state index in [2.05, 4.69) is 304 Å². The number of nitrogens with zero attached hydrogens (tertiary/aromatic N) is 3. The molecular weight excluding hydrogens is 1010 g/mol. The zero-order chi connectivity index (χ0) is 56.8. The maximum Gasteiger partial charge on any atom is 0.333 e. The number of rotatable bonds is 6. The SMILES string of the molecule is CC(C)(C)c1ccc(N2B3c4c(cc5c(oc6ccccc65)c4N(c4ccc(C(C)(C)C)cc4-c4ccccc4)c4ccc5sc6ccccc6c5c43)-c3ccc(N(c4ccc(C(C)(C)C)cc4)c4ccc(C(C)(C)C)cc4)cc32)cc1. The molecule has 0 bridgehead atoms. The van der Waals surface area contributed by atoms with Crippen LogP contribution in [-0.2, 0) is 21.7 Å². The summed E-state index contributed by atoms with van der Waals surface area (Å²) in [5.74, 6) is 0. The molecule has 4 heterocycles. The van der Waals surface area contributed by atoms with E-state index in [-0.39, 0.29) is 28.5 Å². The van der Waals surface area contributed by atoms with E-state index in [1.54, 1.807) is 0 Å². The summed E-state index contributed by atoms with van der Waals surface area (Å²) in [5, 5.41) is 4.76. The molecule has 0 saturated carbocycles. The molecule has 0 fully saturated rings. The fourth-order valence-corrected chi connectivity index (χ4v) is 14.1. The van der Waals surface area contributed by atoms with Gasteiger partial charge in [0.05, 0.1) is 11.4 Å². The summed E-state index contributed by atoms with van der Waals surface area (Å²) < 4.78 is 9.93. The number of para-hydroxylation sites is 1. The molecule has 6 heteroatoms. The van der Waals surface area contributed by atoms with Crippen LogP contribution in [-0.4, -0.2) is 6.85 Å². The first-order chi connectivity index (χ1) is 39.2. The zero-order valence-electron chi connectivity index (χ0n) is 49.4. The molecular formula is C76H70BN3OS. The Morgan fingerprint density at radius 3 is 1.59 bits per heavy atom. The lowest BCUT2D eigenvalue weighted by atomic mass is 9.42. The number of anilines is 8. The molecule has 0 atom stereocenters. The number of fused-ring (bicyclic) bond motifs is 12. The first-order valence-corrected chi connectivity index (χ1v) is 30.0. The highest BCUT2D eigenvalue weighted by Gasteiger charge is 2.48. The van der Waals surface area contributed by atoms with Crippen LogP contribution in [0.25, 0.3) is 64.4 Å². The summed E-state index contributed by atoms with van der Waals surface area (Å²) in [7, 11) is 0. The normalized spacial score (nSPS) is 13.5. The summed E-state index contributed by atoms with van der Waals surface area (Å²) in [6.07, 6.45) is 0. The Balaban J connectivity index is 1.13. The van der Waals surface area contributed by atoms with E-state index < -0.39 is 0 Å². The van der Waals surface area contributed by atoms with Crippen LogP contribution in [0, 0.1) is 0 Å². The van der Waals surface area contributed by atoms with Crippen molar-refractivity contribution in [1.29, 1.82) is 0 Å². The maximum atomic E-state index is 7.38. The van der Waals surface area contributed by atoms with Crippen LogP contribution in [0.4, 0.5) is 45.5 Å². The average molecular weight is 1080 g/mol. The highest BCUT2D eigenvalue weighted by molar-refractivity contribution is 7.26. The lowest BCUT2D eigenvalue weighted by Gasteiger charge is -2.46. The van der Waals surface area contributed by atoms with E-state index in [0.717, 1.165) is 67.4 Å². The Morgan fingerprint density at radius 2 is 0.951 bits per heavy atom. The minimum absolute atomic E-state index is 0.00854. The van der Waals surface area contributed by atoms with E-state index >= 15 is 0 Å². The van der Waals surface area contributed by atoms with Gasteiger partial charge in [-0.15, -0.1) is 11.3 Å². The van der Waals surface area contributed by atoms with Crippen molar-refractivity contribution in [2.45, 2.75) is 105 Å². The van der Waals surface area contributed by atoms with Crippen LogP contribution in [0.3, 0.4) is 0 Å². The van der Waals surface area contributed by atoms with Crippen molar-refractivity contribution >= 4 is 117 Å². The molecule has 0 aliphatic carbocycles. The minimum Gasteiger partial charge on any atom is -0.454 e. The van der Waals surface area contributed by atoms with Gasteiger partial charge in [0.1, 0.15) is 5.58 Å². The van der Waals surface area contributed by atoms with Gasteiger partial charge in [0, 0.05) is 65.4 Å². The van der Waals surface area contributed by atoms with E-state index in [1.165, 1.54) is 75.6 Å². The topological polar surface area (TPSA) is 22.9 Å². The van der Waals surface area contributed by atoms with Crippen LogP contribution in [0.5, 0.6) is 0 Å². The van der Waals surface area contributed by atoms with Crippen LogP contribution >= 0.6 is 11.3 Å². The van der Waals surface area contributed by atoms with Gasteiger partial charge < -0.3 is 19.0 Å². The van der Waals surface area contributed by atoms with E-state index in [4.69, 9.17) is 4.42 Å². The molecule has 4 nitrogen and oxygen atoms in total. The predicted molar refractivity (Wildman–Crippen MR) is 355 cm³/mol. The highest BCUT2D eigenvalue weighted by Crippen LogP contribution is 2.55. The molecule has 404 valence electrons. The monoisotopic (exact) mass is 1080 g/mol. The molecule has 12 aromatic rings. The van der Waals surface area contributed by atoms with E-state index in [1.807, 2.05) is 11.3 Å². The smallest absolute Gasteiger partial charge is 0.333 e. The summed E-state index contributed by atoms with van der Waals surface area (Å²) in [4.78, 5) is 7.75. The van der Waals surface area contributed by atoms with Crippen LogP contribution < -0.4 is 25.5 Å². The van der Waals surface area contributed by atoms with Crippen molar-refractivity contribution in [2.24, 2.45) is 0 Å². The number of hydrogen-bond donors (Lipinski definition) is 0. The molecule has 0 unspecified atom stereocenters. The fourth-order valence-electron chi connectivity index (χ4n) is 13.0. The van der Waals surface area contributed by atoms with Gasteiger partial charge >= 0.3 is 6.85 Å². The predicted octanol–water partition coefficient (Wildman–Crippen LogP) is 21.0.